The first-order chi connectivity index (χ1) is 7.84. The summed E-state index contributed by atoms with van der Waals surface area (Å²) in [6.07, 6.45) is 3.69. The summed E-state index contributed by atoms with van der Waals surface area (Å²) in [5, 5.41) is 4.24. The second-order valence-electron chi connectivity index (χ2n) is 3.60. The van der Waals surface area contributed by atoms with Crippen LogP contribution in [0.15, 0.2) is 54.9 Å². The Morgan fingerprint density at radius 1 is 1.00 bits per heavy atom. The molecule has 0 saturated carbocycles. The molecule has 0 radical (unpaired) electrons. The van der Waals surface area contributed by atoms with E-state index in [-0.39, 0.29) is 5.82 Å². The third-order valence-electron chi connectivity index (χ3n) is 2.58. The molecule has 2 heterocycles. The van der Waals surface area contributed by atoms with Crippen LogP contribution in [0.1, 0.15) is 0 Å². The quantitative estimate of drug-likeness (QED) is 0.605. The lowest BCUT2D eigenvalue weighted by atomic mass is 10.1. The average molecular weight is 212 g/mol. The van der Waals surface area contributed by atoms with Crippen LogP contribution in [0.3, 0.4) is 0 Å². The Morgan fingerprint density at radius 3 is 2.62 bits per heavy atom. The van der Waals surface area contributed by atoms with E-state index in [0.29, 0.717) is 0 Å². The minimum atomic E-state index is -0.222. The van der Waals surface area contributed by atoms with Crippen LogP contribution < -0.4 is 0 Å². The first-order valence-corrected chi connectivity index (χ1v) is 5.03. The first kappa shape index (κ1) is 9.09. The Bertz CT molecular complexity index is 626. The van der Waals surface area contributed by atoms with Crippen molar-refractivity contribution in [1.29, 1.82) is 0 Å². The minimum Gasteiger partial charge on any atom is -0.240 e. The van der Waals surface area contributed by atoms with Crippen LogP contribution in [0, 0.1) is 5.82 Å². The van der Waals surface area contributed by atoms with Gasteiger partial charge in [-0.2, -0.15) is 5.10 Å². The molecule has 3 aromatic rings. The molecule has 0 spiro atoms. The molecule has 0 N–H and O–H groups in total. The minimum absolute atomic E-state index is 0.222. The fourth-order valence-corrected chi connectivity index (χ4v) is 1.79. The molecule has 0 bridgehead atoms. The Hall–Kier alpha value is -2.16. The summed E-state index contributed by atoms with van der Waals surface area (Å²) >= 11 is 0. The molecular weight excluding hydrogens is 203 g/mol. The van der Waals surface area contributed by atoms with Crippen LogP contribution in [-0.4, -0.2) is 9.61 Å². The molecule has 0 fully saturated rings. The van der Waals surface area contributed by atoms with Crippen molar-refractivity contribution in [2.24, 2.45) is 0 Å². The van der Waals surface area contributed by atoms with E-state index in [1.54, 1.807) is 22.8 Å². The SMILES string of the molecule is Fc1ccc(-c2cnn3ccccc23)cc1. The number of fused-ring (bicyclic) bond motifs is 1. The van der Waals surface area contributed by atoms with Crippen molar-refractivity contribution in [2.75, 3.05) is 0 Å². The Balaban J connectivity index is 2.22. The van der Waals surface area contributed by atoms with E-state index < -0.39 is 0 Å². The van der Waals surface area contributed by atoms with Gasteiger partial charge >= 0.3 is 0 Å². The topological polar surface area (TPSA) is 17.3 Å². The number of nitrogens with zero attached hydrogens (tertiary/aromatic N) is 2. The fourth-order valence-electron chi connectivity index (χ4n) is 1.79. The predicted molar refractivity (Wildman–Crippen MR) is 60.6 cm³/mol. The van der Waals surface area contributed by atoms with Gasteiger partial charge in [-0.15, -0.1) is 0 Å². The van der Waals surface area contributed by atoms with Crippen molar-refractivity contribution in [3.05, 3.63) is 60.7 Å². The van der Waals surface area contributed by atoms with Gasteiger partial charge in [0, 0.05) is 11.8 Å². The fraction of sp³-hybridized carbons (Fsp3) is 0. The van der Waals surface area contributed by atoms with Crippen molar-refractivity contribution in [1.82, 2.24) is 9.61 Å². The van der Waals surface area contributed by atoms with Gasteiger partial charge in [-0.05, 0) is 29.8 Å². The maximum absolute atomic E-state index is 12.8. The molecule has 0 atom stereocenters. The van der Waals surface area contributed by atoms with E-state index in [9.17, 15) is 4.39 Å². The zero-order valence-electron chi connectivity index (χ0n) is 8.47. The lowest BCUT2D eigenvalue weighted by Crippen LogP contribution is -1.83. The average Bonchev–Trinajstić information content (AvgIpc) is 2.74. The summed E-state index contributed by atoms with van der Waals surface area (Å²) in [5.74, 6) is -0.222. The summed E-state index contributed by atoms with van der Waals surface area (Å²) in [5.41, 5.74) is 3.01. The maximum atomic E-state index is 12.8. The van der Waals surface area contributed by atoms with Crippen molar-refractivity contribution in [3.8, 4) is 11.1 Å². The second kappa shape index (κ2) is 3.45. The molecule has 16 heavy (non-hydrogen) atoms. The molecule has 0 aliphatic carbocycles. The Kier molecular flexibility index (Phi) is 1.96. The second-order valence-corrected chi connectivity index (χ2v) is 3.60. The monoisotopic (exact) mass is 212 g/mol. The van der Waals surface area contributed by atoms with E-state index in [0.717, 1.165) is 16.6 Å². The smallest absolute Gasteiger partial charge is 0.123 e. The zero-order chi connectivity index (χ0) is 11.0. The molecular formula is C13H9FN2. The number of benzene rings is 1. The number of hydrogen-bond donors (Lipinski definition) is 0. The Labute approximate surface area is 92.0 Å². The van der Waals surface area contributed by atoms with Crippen LogP contribution in [-0.2, 0) is 0 Å². The molecule has 3 rings (SSSR count). The molecule has 0 amide bonds. The van der Waals surface area contributed by atoms with Gasteiger partial charge < -0.3 is 0 Å². The van der Waals surface area contributed by atoms with E-state index >= 15 is 0 Å². The number of aromatic nitrogens is 2. The third kappa shape index (κ3) is 1.37. The van der Waals surface area contributed by atoms with Crippen LogP contribution in [0.2, 0.25) is 0 Å². The van der Waals surface area contributed by atoms with Gasteiger partial charge in [0.15, 0.2) is 0 Å². The third-order valence-corrected chi connectivity index (χ3v) is 2.58. The molecule has 0 aliphatic rings. The molecule has 0 unspecified atom stereocenters. The molecule has 2 nitrogen and oxygen atoms in total. The van der Waals surface area contributed by atoms with E-state index in [1.807, 2.05) is 24.4 Å². The highest BCUT2D eigenvalue weighted by molar-refractivity contribution is 5.79. The molecule has 78 valence electrons. The van der Waals surface area contributed by atoms with Gasteiger partial charge in [0.1, 0.15) is 5.82 Å². The van der Waals surface area contributed by atoms with Crippen molar-refractivity contribution in [3.63, 3.8) is 0 Å². The summed E-state index contributed by atoms with van der Waals surface area (Å²) in [6, 6.07) is 12.3. The summed E-state index contributed by atoms with van der Waals surface area (Å²) in [6.45, 7) is 0. The van der Waals surface area contributed by atoms with Crippen molar-refractivity contribution >= 4 is 5.52 Å². The van der Waals surface area contributed by atoms with Crippen LogP contribution in [0.25, 0.3) is 16.6 Å². The molecule has 0 saturated heterocycles. The van der Waals surface area contributed by atoms with Gasteiger partial charge in [-0.25, -0.2) is 8.91 Å². The first-order valence-electron chi connectivity index (χ1n) is 5.03. The highest BCUT2D eigenvalue weighted by Crippen LogP contribution is 2.24. The van der Waals surface area contributed by atoms with E-state index in [2.05, 4.69) is 5.10 Å². The van der Waals surface area contributed by atoms with Gasteiger partial charge in [0.05, 0.1) is 11.7 Å². The summed E-state index contributed by atoms with van der Waals surface area (Å²) in [7, 11) is 0. The molecule has 2 aromatic heterocycles. The van der Waals surface area contributed by atoms with Gasteiger partial charge in [-0.3, -0.25) is 0 Å². The highest BCUT2D eigenvalue weighted by Gasteiger charge is 2.05. The zero-order valence-corrected chi connectivity index (χ0v) is 8.47. The van der Waals surface area contributed by atoms with E-state index in [4.69, 9.17) is 0 Å². The predicted octanol–water partition coefficient (Wildman–Crippen LogP) is 3.14. The summed E-state index contributed by atoms with van der Waals surface area (Å²) in [4.78, 5) is 0. The van der Waals surface area contributed by atoms with Gasteiger partial charge in [0.2, 0.25) is 0 Å². The van der Waals surface area contributed by atoms with E-state index in [1.165, 1.54) is 12.1 Å². The number of pyridine rings is 1. The molecule has 1 aromatic carbocycles. The highest BCUT2D eigenvalue weighted by atomic mass is 19.1. The summed E-state index contributed by atoms with van der Waals surface area (Å²) < 4.78 is 14.6. The maximum Gasteiger partial charge on any atom is 0.123 e. The van der Waals surface area contributed by atoms with Crippen molar-refractivity contribution < 1.29 is 4.39 Å². The number of rotatable bonds is 1. The largest absolute Gasteiger partial charge is 0.240 e. The van der Waals surface area contributed by atoms with Crippen molar-refractivity contribution in [2.45, 2.75) is 0 Å². The Morgan fingerprint density at radius 2 is 1.81 bits per heavy atom. The van der Waals surface area contributed by atoms with Crippen LogP contribution in [0.5, 0.6) is 0 Å². The van der Waals surface area contributed by atoms with Crippen LogP contribution in [0.4, 0.5) is 4.39 Å². The number of hydrogen-bond acceptors (Lipinski definition) is 1. The molecule has 0 aliphatic heterocycles. The van der Waals surface area contributed by atoms with Gasteiger partial charge in [0.25, 0.3) is 0 Å². The number of halogens is 1. The molecule has 3 heteroatoms. The lowest BCUT2D eigenvalue weighted by Gasteiger charge is -1.98. The normalized spacial score (nSPS) is 10.8. The van der Waals surface area contributed by atoms with Crippen LogP contribution >= 0.6 is 0 Å². The standard InChI is InChI=1S/C13H9FN2/c14-11-6-4-10(5-7-11)12-9-15-16-8-2-1-3-13(12)16/h1-9H. The lowest BCUT2D eigenvalue weighted by molar-refractivity contribution is 0.628. The van der Waals surface area contributed by atoms with Gasteiger partial charge in [-0.1, -0.05) is 18.2 Å².